The van der Waals surface area contributed by atoms with Crippen molar-refractivity contribution in [2.24, 2.45) is 4.99 Å². The van der Waals surface area contributed by atoms with Gasteiger partial charge in [0.15, 0.2) is 5.96 Å². The Labute approximate surface area is 138 Å². The predicted octanol–water partition coefficient (Wildman–Crippen LogP) is 3.10. The van der Waals surface area contributed by atoms with Crippen molar-refractivity contribution in [1.82, 2.24) is 15.4 Å². The molecular formula is C18H26N4O. The van der Waals surface area contributed by atoms with Crippen LogP contribution in [0.2, 0.25) is 0 Å². The Hall–Kier alpha value is -2.30. The zero-order valence-electron chi connectivity index (χ0n) is 14.6. The van der Waals surface area contributed by atoms with Gasteiger partial charge in [0.1, 0.15) is 5.76 Å². The van der Waals surface area contributed by atoms with E-state index in [1.165, 1.54) is 11.1 Å². The Morgan fingerprint density at radius 1 is 1.26 bits per heavy atom. The highest BCUT2D eigenvalue weighted by Gasteiger charge is 2.17. The minimum atomic E-state index is 0.308. The summed E-state index contributed by atoms with van der Waals surface area (Å²) in [6, 6.07) is 10.3. The number of aliphatic imine (C=N–C) groups is 1. The summed E-state index contributed by atoms with van der Waals surface area (Å²) in [7, 11) is 3.99. The smallest absolute Gasteiger partial charge is 0.193 e. The van der Waals surface area contributed by atoms with Gasteiger partial charge in [0.05, 0.1) is 12.2 Å². The van der Waals surface area contributed by atoms with E-state index in [-0.39, 0.29) is 0 Å². The van der Waals surface area contributed by atoms with E-state index in [0.29, 0.717) is 12.5 Å². The molecule has 0 fully saturated rings. The molecule has 0 bridgehead atoms. The minimum absolute atomic E-state index is 0.308. The van der Waals surface area contributed by atoms with Crippen LogP contribution < -0.4 is 5.32 Å². The molecule has 5 heteroatoms. The molecule has 1 heterocycles. The third-order valence-electron chi connectivity index (χ3n) is 3.83. The summed E-state index contributed by atoms with van der Waals surface area (Å²) in [5.41, 5.74) is 3.34. The first-order valence-electron chi connectivity index (χ1n) is 7.91. The SMILES string of the molecule is Cc1noc(C)c1C(C)CNC(=NCc1ccccc1)N(C)C. The molecule has 0 aliphatic heterocycles. The van der Waals surface area contributed by atoms with Crippen LogP contribution in [0.1, 0.15) is 35.4 Å². The van der Waals surface area contributed by atoms with Gasteiger partial charge in [0, 0.05) is 32.1 Å². The van der Waals surface area contributed by atoms with Gasteiger partial charge in [-0.2, -0.15) is 0 Å². The molecule has 0 saturated heterocycles. The number of guanidine groups is 1. The van der Waals surface area contributed by atoms with Crippen LogP contribution in [-0.2, 0) is 6.54 Å². The summed E-state index contributed by atoms with van der Waals surface area (Å²) in [6.45, 7) is 7.57. The molecule has 0 radical (unpaired) electrons. The summed E-state index contributed by atoms with van der Waals surface area (Å²) >= 11 is 0. The maximum absolute atomic E-state index is 5.26. The highest BCUT2D eigenvalue weighted by molar-refractivity contribution is 5.79. The predicted molar refractivity (Wildman–Crippen MR) is 93.7 cm³/mol. The number of nitrogens with zero attached hydrogens (tertiary/aromatic N) is 3. The highest BCUT2D eigenvalue weighted by Crippen LogP contribution is 2.22. The molecule has 23 heavy (non-hydrogen) atoms. The van der Waals surface area contributed by atoms with Gasteiger partial charge in [0.2, 0.25) is 0 Å². The van der Waals surface area contributed by atoms with E-state index in [4.69, 9.17) is 4.52 Å². The van der Waals surface area contributed by atoms with E-state index in [1.54, 1.807) is 0 Å². The summed E-state index contributed by atoms with van der Waals surface area (Å²) in [5.74, 6) is 2.08. The number of hydrogen-bond acceptors (Lipinski definition) is 3. The third-order valence-corrected chi connectivity index (χ3v) is 3.83. The van der Waals surface area contributed by atoms with Crippen molar-refractivity contribution in [2.45, 2.75) is 33.2 Å². The number of hydrogen-bond donors (Lipinski definition) is 1. The molecule has 0 aliphatic rings. The van der Waals surface area contributed by atoms with Crippen molar-refractivity contribution >= 4 is 5.96 Å². The fourth-order valence-corrected chi connectivity index (χ4v) is 2.65. The molecule has 1 unspecified atom stereocenters. The normalized spacial score (nSPS) is 13.0. The van der Waals surface area contributed by atoms with E-state index >= 15 is 0 Å². The van der Waals surface area contributed by atoms with Crippen LogP contribution in [0.25, 0.3) is 0 Å². The fraction of sp³-hybridized carbons (Fsp3) is 0.444. The average Bonchev–Trinajstić information content (AvgIpc) is 2.86. The number of rotatable bonds is 5. The number of benzene rings is 1. The maximum Gasteiger partial charge on any atom is 0.193 e. The summed E-state index contributed by atoms with van der Waals surface area (Å²) < 4.78 is 5.26. The second kappa shape index (κ2) is 7.81. The number of nitrogens with one attached hydrogen (secondary N) is 1. The molecule has 5 nitrogen and oxygen atoms in total. The van der Waals surface area contributed by atoms with Crippen molar-refractivity contribution in [2.75, 3.05) is 20.6 Å². The Morgan fingerprint density at radius 3 is 2.52 bits per heavy atom. The van der Waals surface area contributed by atoms with E-state index in [0.717, 1.165) is 24.0 Å². The Balaban J connectivity index is 2.00. The Morgan fingerprint density at radius 2 is 1.96 bits per heavy atom. The van der Waals surface area contributed by atoms with Crippen molar-refractivity contribution in [3.8, 4) is 0 Å². The highest BCUT2D eigenvalue weighted by atomic mass is 16.5. The molecule has 1 N–H and O–H groups in total. The lowest BCUT2D eigenvalue weighted by atomic mass is 10.00. The second-order valence-corrected chi connectivity index (χ2v) is 6.04. The van der Waals surface area contributed by atoms with Crippen LogP contribution >= 0.6 is 0 Å². The first kappa shape index (κ1) is 17.1. The molecule has 2 aromatic rings. The van der Waals surface area contributed by atoms with Gasteiger partial charge < -0.3 is 14.7 Å². The molecule has 124 valence electrons. The zero-order valence-corrected chi connectivity index (χ0v) is 14.6. The number of aromatic nitrogens is 1. The lowest BCUT2D eigenvalue weighted by Crippen LogP contribution is -2.38. The maximum atomic E-state index is 5.26. The molecule has 0 saturated carbocycles. The topological polar surface area (TPSA) is 53.7 Å². The molecule has 1 aromatic heterocycles. The fourth-order valence-electron chi connectivity index (χ4n) is 2.65. The minimum Gasteiger partial charge on any atom is -0.361 e. The number of aryl methyl sites for hydroxylation is 2. The van der Waals surface area contributed by atoms with Gasteiger partial charge in [-0.25, -0.2) is 4.99 Å². The monoisotopic (exact) mass is 314 g/mol. The molecular weight excluding hydrogens is 288 g/mol. The van der Waals surface area contributed by atoms with Gasteiger partial charge in [-0.05, 0) is 19.4 Å². The molecule has 1 aromatic carbocycles. The van der Waals surface area contributed by atoms with Gasteiger partial charge in [-0.1, -0.05) is 42.4 Å². The largest absolute Gasteiger partial charge is 0.361 e. The molecule has 2 rings (SSSR count). The van der Waals surface area contributed by atoms with Crippen LogP contribution in [0, 0.1) is 13.8 Å². The van der Waals surface area contributed by atoms with Crippen LogP contribution in [0.4, 0.5) is 0 Å². The average molecular weight is 314 g/mol. The van der Waals surface area contributed by atoms with E-state index in [1.807, 2.05) is 51.0 Å². The molecule has 0 amide bonds. The lowest BCUT2D eigenvalue weighted by Gasteiger charge is -2.20. The van der Waals surface area contributed by atoms with Crippen molar-refractivity contribution in [1.29, 1.82) is 0 Å². The summed E-state index contributed by atoms with van der Waals surface area (Å²) in [6.07, 6.45) is 0. The third kappa shape index (κ3) is 4.58. The molecule has 0 aliphatic carbocycles. The first-order valence-corrected chi connectivity index (χ1v) is 7.91. The Kier molecular flexibility index (Phi) is 5.79. The standard InChI is InChI=1S/C18H26N4O/c1-13(17-14(2)21-23-15(17)3)11-19-18(22(4)5)20-12-16-9-7-6-8-10-16/h6-10,13H,11-12H2,1-5H3,(H,19,20). The molecule has 1 atom stereocenters. The van der Waals surface area contributed by atoms with Crippen molar-refractivity contribution in [3.05, 3.63) is 52.9 Å². The first-order chi connectivity index (χ1) is 11.0. The quantitative estimate of drug-likeness (QED) is 0.680. The van der Waals surface area contributed by atoms with Crippen LogP contribution in [0.15, 0.2) is 39.8 Å². The Bertz CT molecular complexity index is 627. The van der Waals surface area contributed by atoms with Gasteiger partial charge >= 0.3 is 0 Å². The van der Waals surface area contributed by atoms with E-state index in [9.17, 15) is 0 Å². The lowest BCUT2D eigenvalue weighted by molar-refractivity contribution is 0.391. The van der Waals surface area contributed by atoms with E-state index in [2.05, 4.69) is 34.5 Å². The molecule has 0 spiro atoms. The van der Waals surface area contributed by atoms with Gasteiger partial charge in [-0.3, -0.25) is 0 Å². The van der Waals surface area contributed by atoms with Gasteiger partial charge in [0.25, 0.3) is 0 Å². The van der Waals surface area contributed by atoms with Crippen LogP contribution in [-0.4, -0.2) is 36.7 Å². The zero-order chi connectivity index (χ0) is 16.8. The van der Waals surface area contributed by atoms with Gasteiger partial charge in [-0.15, -0.1) is 0 Å². The van der Waals surface area contributed by atoms with Crippen LogP contribution in [0.3, 0.4) is 0 Å². The van der Waals surface area contributed by atoms with Crippen molar-refractivity contribution < 1.29 is 4.52 Å². The van der Waals surface area contributed by atoms with Crippen molar-refractivity contribution in [3.63, 3.8) is 0 Å². The van der Waals surface area contributed by atoms with Crippen LogP contribution in [0.5, 0.6) is 0 Å². The second-order valence-electron chi connectivity index (χ2n) is 6.04. The summed E-state index contributed by atoms with van der Waals surface area (Å²) in [5, 5.41) is 7.47. The van der Waals surface area contributed by atoms with E-state index < -0.39 is 0 Å². The summed E-state index contributed by atoms with van der Waals surface area (Å²) in [4.78, 5) is 6.69.